The standard InChI is InChI=1S/C4H3ClS.C4H4S/c5-4-1-2-6-3-4;1-2-4-5-3-1/h1-3H;1-4H. The molecule has 3 heteroatoms. The third kappa shape index (κ3) is 4.19. The van der Waals surface area contributed by atoms with E-state index in [1.807, 2.05) is 39.7 Å². The third-order valence-electron chi connectivity index (χ3n) is 0.912. The highest BCUT2D eigenvalue weighted by molar-refractivity contribution is 7.08. The Morgan fingerprint density at radius 2 is 1.73 bits per heavy atom. The Morgan fingerprint density at radius 3 is 1.91 bits per heavy atom. The minimum Gasteiger partial charge on any atom is -0.152 e. The van der Waals surface area contributed by atoms with Crippen LogP contribution in [0.15, 0.2) is 39.7 Å². The Morgan fingerprint density at radius 1 is 1.00 bits per heavy atom. The largest absolute Gasteiger partial charge is 0.152 e. The number of hydrogen-bond acceptors (Lipinski definition) is 2. The maximum absolute atomic E-state index is 5.47. The average Bonchev–Trinajstić information content (AvgIpc) is 2.57. The smallest absolute Gasteiger partial charge is 0.0512 e. The van der Waals surface area contributed by atoms with Crippen molar-refractivity contribution in [3.8, 4) is 0 Å². The summed E-state index contributed by atoms with van der Waals surface area (Å²) in [6, 6.07) is 5.90. The summed E-state index contributed by atoms with van der Waals surface area (Å²) in [6.07, 6.45) is 0. The molecule has 2 aromatic rings. The zero-order chi connectivity index (χ0) is 7.94. The van der Waals surface area contributed by atoms with Crippen LogP contribution in [0.25, 0.3) is 0 Å². The van der Waals surface area contributed by atoms with Crippen LogP contribution in [0.2, 0.25) is 5.02 Å². The van der Waals surface area contributed by atoms with E-state index in [-0.39, 0.29) is 0 Å². The molecular formula is C8H7ClS2. The molecule has 0 saturated heterocycles. The summed E-state index contributed by atoms with van der Waals surface area (Å²) in [5.41, 5.74) is 0. The summed E-state index contributed by atoms with van der Waals surface area (Å²) in [5, 5.41) is 8.75. The number of rotatable bonds is 0. The predicted molar refractivity (Wildman–Crippen MR) is 53.6 cm³/mol. The first kappa shape index (κ1) is 8.78. The SMILES string of the molecule is Clc1ccsc1.c1ccsc1. The quantitative estimate of drug-likeness (QED) is 0.602. The molecule has 11 heavy (non-hydrogen) atoms. The van der Waals surface area contributed by atoms with E-state index in [9.17, 15) is 0 Å². The number of halogens is 1. The fourth-order valence-electron chi connectivity index (χ4n) is 0.475. The van der Waals surface area contributed by atoms with Gasteiger partial charge in [-0.2, -0.15) is 22.7 Å². The summed E-state index contributed by atoms with van der Waals surface area (Å²) < 4.78 is 0. The van der Waals surface area contributed by atoms with Crippen molar-refractivity contribution < 1.29 is 0 Å². The fraction of sp³-hybridized carbons (Fsp3) is 0. The molecule has 0 aliphatic heterocycles. The molecule has 0 aliphatic carbocycles. The lowest BCUT2D eigenvalue weighted by Gasteiger charge is -1.61. The van der Waals surface area contributed by atoms with E-state index in [1.165, 1.54) is 0 Å². The Bertz CT molecular complexity index is 230. The molecule has 2 rings (SSSR count). The van der Waals surface area contributed by atoms with Gasteiger partial charge in [-0.15, -0.1) is 0 Å². The molecule has 0 radical (unpaired) electrons. The van der Waals surface area contributed by atoms with E-state index >= 15 is 0 Å². The molecule has 0 amide bonds. The van der Waals surface area contributed by atoms with Crippen LogP contribution in [0.5, 0.6) is 0 Å². The van der Waals surface area contributed by atoms with Gasteiger partial charge in [0.25, 0.3) is 0 Å². The molecule has 0 fully saturated rings. The highest BCUT2D eigenvalue weighted by Crippen LogP contribution is 2.10. The van der Waals surface area contributed by atoms with Crippen molar-refractivity contribution in [3.05, 3.63) is 44.7 Å². The maximum atomic E-state index is 5.47. The van der Waals surface area contributed by atoms with Crippen LogP contribution in [-0.4, -0.2) is 0 Å². The highest BCUT2D eigenvalue weighted by Gasteiger charge is 1.77. The average molecular weight is 203 g/mol. The minimum atomic E-state index is 0.833. The summed E-state index contributed by atoms with van der Waals surface area (Å²) in [5.74, 6) is 0. The zero-order valence-corrected chi connectivity index (χ0v) is 8.12. The van der Waals surface area contributed by atoms with Gasteiger partial charge < -0.3 is 0 Å². The summed E-state index contributed by atoms with van der Waals surface area (Å²) in [7, 11) is 0. The van der Waals surface area contributed by atoms with E-state index < -0.39 is 0 Å². The summed E-state index contributed by atoms with van der Waals surface area (Å²) in [6.45, 7) is 0. The second-order valence-corrected chi connectivity index (χ2v) is 3.77. The molecule has 0 bridgehead atoms. The molecule has 0 aliphatic rings. The van der Waals surface area contributed by atoms with Crippen molar-refractivity contribution in [2.75, 3.05) is 0 Å². The molecular weight excluding hydrogens is 196 g/mol. The normalized spacial score (nSPS) is 8.45. The molecule has 0 unspecified atom stereocenters. The molecule has 58 valence electrons. The molecule has 2 aromatic heterocycles. The van der Waals surface area contributed by atoms with E-state index in [4.69, 9.17) is 11.6 Å². The predicted octanol–water partition coefficient (Wildman–Crippen LogP) is 4.15. The first-order valence-corrected chi connectivity index (χ1v) is 5.31. The van der Waals surface area contributed by atoms with Gasteiger partial charge in [-0.25, -0.2) is 0 Å². The van der Waals surface area contributed by atoms with Crippen molar-refractivity contribution in [3.63, 3.8) is 0 Å². The van der Waals surface area contributed by atoms with E-state index in [0.29, 0.717) is 0 Å². The lowest BCUT2D eigenvalue weighted by Crippen LogP contribution is -1.34. The van der Waals surface area contributed by atoms with Gasteiger partial charge in [-0.1, -0.05) is 23.7 Å². The van der Waals surface area contributed by atoms with Gasteiger partial charge in [0.05, 0.1) is 5.02 Å². The van der Waals surface area contributed by atoms with Crippen LogP contribution < -0.4 is 0 Å². The van der Waals surface area contributed by atoms with Crippen LogP contribution in [0.4, 0.5) is 0 Å². The molecule has 2 heterocycles. The second kappa shape index (κ2) is 5.35. The molecule has 0 spiro atoms. The Balaban J connectivity index is 0.000000112. The van der Waals surface area contributed by atoms with Crippen LogP contribution >= 0.6 is 34.3 Å². The van der Waals surface area contributed by atoms with Crippen LogP contribution in [0.3, 0.4) is 0 Å². The highest BCUT2D eigenvalue weighted by atomic mass is 35.5. The zero-order valence-electron chi connectivity index (χ0n) is 5.74. The van der Waals surface area contributed by atoms with Gasteiger partial charge in [0.1, 0.15) is 0 Å². The Kier molecular flexibility index (Phi) is 4.28. The van der Waals surface area contributed by atoms with E-state index in [0.717, 1.165) is 5.02 Å². The van der Waals surface area contributed by atoms with Gasteiger partial charge in [0.2, 0.25) is 0 Å². The van der Waals surface area contributed by atoms with E-state index in [1.54, 1.807) is 22.7 Å². The van der Waals surface area contributed by atoms with Crippen molar-refractivity contribution in [2.24, 2.45) is 0 Å². The minimum absolute atomic E-state index is 0.833. The van der Waals surface area contributed by atoms with Crippen LogP contribution in [0, 0.1) is 0 Å². The second-order valence-electron chi connectivity index (χ2n) is 1.73. The third-order valence-corrected chi connectivity index (χ3v) is 2.59. The molecule has 0 saturated carbocycles. The first-order chi connectivity index (χ1) is 5.39. The Labute approximate surface area is 79.1 Å². The monoisotopic (exact) mass is 202 g/mol. The van der Waals surface area contributed by atoms with Gasteiger partial charge in [-0.3, -0.25) is 0 Å². The van der Waals surface area contributed by atoms with Crippen molar-refractivity contribution >= 4 is 34.3 Å². The Hall–Kier alpha value is -0.310. The molecule has 0 N–H and O–H groups in total. The van der Waals surface area contributed by atoms with Crippen molar-refractivity contribution in [1.82, 2.24) is 0 Å². The maximum Gasteiger partial charge on any atom is 0.0512 e. The summed E-state index contributed by atoms with van der Waals surface area (Å²) >= 11 is 8.79. The molecule has 0 aromatic carbocycles. The lowest BCUT2D eigenvalue weighted by atomic mass is 10.7. The lowest BCUT2D eigenvalue weighted by molar-refractivity contribution is 2.01. The topological polar surface area (TPSA) is 0 Å². The van der Waals surface area contributed by atoms with Crippen molar-refractivity contribution in [2.45, 2.75) is 0 Å². The van der Waals surface area contributed by atoms with Gasteiger partial charge in [0.15, 0.2) is 0 Å². The van der Waals surface area contributed by atoms with E-state index in [2.05, 4.69) is 0 Å². The van der Waals surface area contributed by atoms with Gasteiger partial charge >= 0.3 is 0 Å². The van der Waals surface area contributed by atoms with Crippen molar-refractivity contribution in [1.29, 1.82) is 0 Å². The molecule has 0 nitrogen and oxygen atoms in total. The van der Waals surface area contributed by atoms with Crippen LogP contribution in [0.1, 0.15) is 0 Å². The van der Waals surface area contributed by atoms with Gasteiger partial charge in [-0.05, 0) is 22.2 Å². The first-order valence-electron chi connectivity index (χ1n) is 3.04. The fourth-order valence-corrected chi connectivity index (χ4v) is 1.73. The van der Waals surface area contributed by atoms with Crippen LogP contribution in [-0.2, 0) is 0 Å². The molecule has 0 atom stereocenters. The number of hydrogen-bond donors (Lipinski definition) is 0. The summed E-state index contributed by atoms with van der Waals surface area (Å²) in [4.78, 5) is 0. The number of thiophene rings is 2. The van der Waals surface area contributed by atoms with Gasteiger partial charge in [0, 0.05) is 5.38 Å².